The second-order valence-corrected chi connectivity index (χ2v) is 11.7. The summed E-state index contributed by atoms with van der Waals surface area (Å²) in [6.07, 6.45) is 3.12. The number of unbranched alkanes of at least 4 members (excludes halogenated alkanes) is 2. The second-order valence-electron chi connectivity index (χ2n) is 10.0. The van der Waals surface area contributed by atoms with Gasteiger partial charge < -0.3 is 19.3 Å². The van der Waals surface area contributed by atoms with Crippen LogP contribution in [-0.4, -0.2) is 67.3 Å². The lowest BCUT2D eigenvalue weighted by Crippen LogP contribution is -2.51. The molecule has 0 unspecified atom stereocenters. The van der Waals surface area contributed by atoms with Gasteiger partial charge in [-0.15, -0.1) is 11.3 Å². The minimum absolute atomic E-state index is 0.0730. The van der Waals surface area contributed by atoms with Crippen LogP contribution in [0.1, 0.15) is 56.1 Å². The van der Waals surface area contributed by atoms with Crippen LogP contribution in [0.2, 0.25) is 4.34 Å². The number of benzene rings is 1. The maximum absolute atomic E-state index is 13.6. The topological polar surface area (TPSA) is 79.4 Å². The third-order valence-corrected chi connectivity index (χ3v) is 8.09. The Labute approximate surface area is 227 Å². The van der Waals surface area contributed by atoms with E-state index in [-0.39, 0.29) is 25.0 Å². The number of carbonyl (C=O) groups excluding carboxylic acids is 3. The van der Waals surface area contributed by atoms with Crippen molar-refractivity contribution in [3.63, 3.8) is 0 Å². The highest BCUT2D eigenvalue weighted by atomic mass is 35.5. The summed E-state index contributed by atoms with van der Waals surface area (Å²) >= 11 is 7.37. The molecule has 3 heterocycles. The number of ether oxygens (including phenoxy) is 2. The summed E-state index contributed by atoms with van der Waals surface area (Å²) in [7, 11) is 0. The molecular formula is C27H34ClN3O5S. The molecule has 1 aromatic heterocycles. The maximum atomic E-state index is 13.6. The summed E-state index contributed by atoms with van der Waals surface area (Å²) in [6.45, 7) is 7.97. The van der Waals surface area contributed by atoms with Crippen LogP contribution in [0.15, 0.2) is 36.4 Å². The van der Waals surface area contributed by atoms with Crippen LogP contribution in [-0.2, 0) is 14.3 Å². The Kier molecular flexibility index (Phi) is 8.77. The number of amides is 3. The zero-order valence-corrected chi connectivity index (χ0v) is 23.1. The van der Waals surface area contributed by atoms with E-state index in [9.17, 15) is 14.4 Å². The second kappa shape index (κ2) is 11.8. The molecule has 8 nitrogen and oxygen atoms in total. The first-order valence-corrected chi connectivity index (χ1v) is 13.9. The van der Waals surface area contributed by atoms with Crippen molar-refractivity contribution in [1.29, 1.82) is 0 Å². The molecule has 0 aliphatic carbocycles. The average molecular weight is 548 g/mol. The zero-order valence-electron chi connectivity index (χ0n) is 21.6. The number of morpholine rings is 1. The van der Waals surface area contributed by atoms with E-state index in [4.69, 9.17) is 21.1 Å². The van der Waals surface area contributed by atoms with E-state index < -0.39 is 17.7 Å². The predicted octanol–water partition coefficient (Wildman–Crippen LogP) is 5.59. The van der Waals surface area contributed by atoms with Gasteiger partial charge in [0.2, 0.25) is 0 Å². The first-order chi connectivity index (χ1) is 17.7. The molecule has 0 N–H and O–H groups in total. The van der Waals surface area contributed by atoms with Crippen LogP contribution in [0.4, 0.5) is 16.2 Å². The van der Waals surface area contributed by atoms with E-state index in [1.54, 1.807) is 21.9 Å². The zero-order chi connectivity index (χ0) is 26.6. The van der Waals surface area contributed by atoms with Crippen molar-refractivity contribution < 1.29 is 23.9 Å². The number of carbonyl (C=O) groups is 3. The summed E-state index contributed by atoms with van der Waals surface area (Å²) < 4.78 is 11.5. The van der Waals surface area contributed by atoms with Crippen molar-refractivity contribution in [2.24, 2.45) is 0 Å². The lowest BCUT2D eigenvalue weighted by atomic mass is 9.93. The summed E-state index contributed by atoms with van der Waals surface area (Å²) in [5, 5.41) is 0. The number of rotatable bonds is 10. The first kappa shape index (κ1) is 27.4. The highest BCUT2D eigenvalue weighted by Gasteiger charge is 2.39. The molecule has 1 atom stereocenters. The van der Waals surface area contributed by atoms with E-state index >= 15 is 0 Å². The molecule has 1 aromatic carbocycles. The molecule has 2 aliphatic rings. The molecule has 200 valence electrons. The van der Waals surface area contributed by atoms with Crippen LogP contribution < -0.4 is 9.80 Å². The van der Waals surface area contributed by atoms with Gasteiger partial charge in [-0.1, -0.05) is 37.8 Å². The lowest BCUT2D eigenvalue weighted by molar-refractivity contribution is -0.125. The highest BCUT2D eigenvalue weighted by Crippen LogP contribution is 2.31. The van der Waals surface area contributed by atoms with Gasteiger partial charge in [0.1, 0.15) is 12.7 Å². The minimum Gasteiger partial charge on any atom is -0.442 e. The van der Waals surface area contributed by atoms with Crippen molar-refractivity contribution >= 4 is 52.2 Å². The molecule has 37 heavy (non-hydrogen) atoms. The van der Waals surface area contributed by atoms with E-state index in [0.717, 1.165) is 31.4 Å². The molecule has 2 saturated heterocycles. The van der Waals surface area contributed by atoms with E-state index in [1.807, 2.05) is 29.2 Å². The highest BCUT2D eigenvalue weighted by molar-refractivity contribution is 7.18. The Balaban J connectivity index is 1.47. The van der Waals surface area contributed by atoms with Gasteiger partial charge in [-0.25, -0.2) is 4.79 Å². The summed E-state index contributed by atoms with van der Waals surface area (Å²) in [4.78, 5) is 44.2. The summed E-state index contributed by atoms with van der Waals surface area (Å²) in [5.74, 6) is -0.189. The Morgan fingerprint density at radius 2 is 1.81 bits per heavy atom. The van der Waals surface area contributed by atoms with Crippen LogP contribution in [0.3, 0.4) is 0 Å². The van der Waals surface area contributed by atoms with Gasteiger partial charge in [-0.3, -0.25) is 14.5 Å². The Morgan fingerprint density at radius 3 is 2.43 bits per heavy atom. The minimum atomic E-state index is -0.474. The quantitative estimate of drug-likeness (QED) is 0.362. The van der Waals surface area contributed by atoms with Crippen molar-refractivity contribution in [2.75, 3.05) is 42.6 Å². The number of hydrogen-bond acceptors (Lipinski definition) is 6. The predicted molar refractivity (Wildman–Crippen MR) is 146 cm³/mol. The third-order valence-electron chi connectivity index (χ3n) is 6.87. The van der Waals surface area contributed by atoms with Crippen LogP contribution in [0, 0.1) is 0 Å². The number of cyclic esters (lactones) is 1. The Bertz CT molecular complexity index is 1120. The van der Waals surface area contributed by atoms with Gasteiger partial charge >= 0.3 is 6.09 Å². The fourth-order valence-corrected chi connectivity index (χ4v) is 5.74. The number of anilines is 2. The van der Waals surface area contributed by atoms with Crippen molar-refractivity contribution in [2.45, 2.75) is 58.1 Å². The van der Waals surface area contributed by atoms with Gasteiger partial charge in [-0.05, 0) is 56.7 Å². The standard InChI is InChI=1S/C27H34ClN3O5S/c1-4-5-6-13-27(2,3)31(25(33)22-11-12-23(28)37-22)17-21-16-30(26(34)36-21)20-9-7-19(8-10-20)29-14-15-35-18-24(29)32/h7-12,21H,4-6,13-18H2,1-3H3/t21-/m1/s1. The molecule has 0 radical (unpaired) electrons. The Morgan fingerprint density at radius 1 is 1.11 bits per heavy atom. The van der Waals surface area contributed by atoms with Gasteiger partial charge in [-0.2, -0.15) is 0 Å². The molecule has 2 aliphatic heterocycles. The van der Waals surface area contributed by atoms with Crippen molar-refractivity contribution in [3.8, 4) is 0 Å². The SMILES string of the molecule is CCCCCC(C)(C)N(C[C@H]1CN(c2ccc(N3CCOCC3=O)cc2)C(=O)O1)C(=O)c1ccc(Cl)s1. The van der Waals surface area contributed by atoms with Gasteiger partial charge in [0.15, 0.2) is 0 Å². The summed E-state index contributed by atoms with van der Waals surface area (Å²) in [5.41, 5.74) is 1.03. The monoisotopic (exact) mass is 547 g/mol. The van der Waals surface area contributed by atoms with Gasteiger partial charge in [0, 0.05) is 23.5 Å². The fourth-order valence-electron chi connectivity index (χ4n) is 4.74. The van der Waals surface area contributed by atoms with Crippen LogP contribution >= 0.6 is 22.9 Å². The van der Waals surface area contributed by atoms with E-state index in [0.29, 0.717) is 34.6 Å². The molecule has 0 spiro atoms. The van der Waals surface area contributed by atoms with Gasteiger partial charge in [0.05, 0.1) is 28.9 Å². The normalized spacial score (nSPS) is 18.3. The maximum Gasteiger partial charge on any atom is 0.414 e. The molecule has 10 heteroatoms. The number of hydrogen-bond donors (Lipinski definition) is 0. The average Bonchev–Trinajstić information content (AvgIpc) is 3.48. The molecule has 2 fully saturated rings. The van der Waals surface area contributed by atoms with Crippen molar-refractivity contribution in [3.05, 3.63) is 45.6 Å². The van der Waals surface area contributed by atoms with E-state index in [1.165, 1.54) is 11.3 Å². The molecule has 0 saturated carbocycles. The molecule has 4 rings (SSSR count). The first-order valence-electron chi connectivity index (χ1n) is 12.7. The Hall–Kier alpha value is -2.62. The lowest BCUT2D eigenvalue weighted by Gasteiger charge is -2.39. The largest absolute Gasteiger partial charge is 0.442 e. The molecule has 3 amide bonds. The van der Waals surface area contributed by atoms with Gasteiger partial charge in [0.25, 0.3) is 11.8 Å². The van der Waals surface area contributed by atoms with Crippen LogP contribution in [0.25, 0.3) is 0 Å². The van der Waals surface area contributed by atoms with Crippen LogP contribution in [0.5, 0.6) is 0 Å². The third kappa shape index (κ3) is 6.45. The van der Waals surface area contributed by atoms with Crippen molar-refractivity contribution in [1.82, 2.24) is 4.90 Å². The summed E-state index contributed by atoms with van der Waals surface area (Å²) in [6, 6.07) is 10.8. The number of nitrogens with zero attached hydrogens (tertiary/aromatic N) is 3. The molecule has 2 aromatic rings. The fraction of sp³-hybridized carbons (Fsp3) is 0.519. The van der Waals surface area contributed by atoms with E-state index in [2.05, 4.69) is 20.8 Å². The smallest absolute Gasteiger partial charge is 0.414 e. The number of thiophene rings is 1. The number of halogens is 1. The molecular weight excluding hydrogens is 514 g/mol. The molecule has 0 bridgehead atoms.